The lowest BCUT2D eigenvalue weighted by molar-refractivity contribution is -0.166. The number of hydrogen-bond donors (Lipinski definition) is 3. The van der Waals surface area contributed by atoms with E-state index in [2.05, 4.69) is 6.92 Å². The third-order valence-corrected chi connectivity index (χ3v) is 6.27. The summed E-state index contributed by atoms with van der Waals surface area (Å²) in [6, 6.07) is 0. The zero-order valence-corrected chi connectivity index (χ0v) is 19.7. The van der Waals surface area contributed by atoms with Crippen LogP contribution in [0, 0.1) is 5.41 Å². The maximum absolute atomic E-state index is 11.8. The van der Waals surface area contributed by atoms with Crippen molar-refractivity contribution in [2.24, 2.45) is 5.41 Å². The van der Waals surface area contributed by atoms with Crippen molar-refractivity contribution >= 4 is 17.9 Å². The molecule has 0 rings (SSSR count). The molecule has 0 fully saturated rings. The van der Waals surface area contributed by atoms with Crippen molar-refractivity contribution in [3.05, 3.63) is 0 Å². The zero-order chi connectivity index (χ0) is 23.4. The zero-order valence-electron chi connectivity index (χ0n) is 19.7. The number of carboxylic acids is 3. The van der Waals surface area contributed by atoms with Gasteiger partial charge in [0.25, 0.3) is 0 Å². The molecule has 0 aromatic carbocycles. The maximum Gasteiger partial charge on any atom is 0.321 e. The second-order valence-corrected chi connectivity index (χ2v) is 8.99. The predicted molar refractivity (Wildman–Crippen MR) is 123 cm³/mol. The van der Waals surface area contributed by atoms with Crippen LogP contribution in [0.2, 0.25) is 0 Å². The van der Waals surface area contributed by atoms with Gasteiger partial charge in [-0.05, 0) is 19.3 Å². The average Bonchev–Trinajstić information content (AvgIpc) is 2.71. The molecule has 0 aliphatic carbocycles. The van der Waals surface area contributed by atoms with E-state index in [0.717, 1.165) is 57.8 Å². The molecular formula is C25H46O6. The number of carbonyl (C=O) groups is 3. The molecule has 31 heavy (non-hydrogen) atoms. The van der Waals surface area contributed by atoms with E-state index in [-0.39, 0.29) is 19.3 Å². The minimum Gasteiger partial charge on any atom is -0.481 e. The van der Waals surface area contributed by atoms with Gasteiger partial charge in [0, 0.05) is 6.42 Å². The molecule has 0 spiro atoms. The highest BCUT2D eigenvalue weighted by Crippen LogP contribution is 2.33. The Bertz CT molecular complexity index is 474. The smallest absolute Gasteiger partial charge is 0.321 e. The Balaban J connectivity index is 4.04. The minimum atomic E-state index is -1.64. The van der Waals surface area contributed by atoms with Crippen molar-refractivity contribution < 1.29 is 29.7 Å². The Kier molecular flexibility index (Phi) is 18.1. The molecule has 0 unspecified atom stereocenters. The Morgan fingerprint density at radius 3 is 1.16 bits per heavy atom. The molecule has 0 aliphatic rings. The summed E-state index contributed by atoms with van der Waals surface area (Å²) in [6.45, 7) is 2.20. The summed E-state index contributed by atoms with van der Waals surface area (Å²) < 4.78 is 0. The van der Waals surface area contributed by atoms with Gasteiger partial charge in [-0.15, -0.1) is 0 Å². The predicted octanol–water partition coefficient (Wildman–Crippen LogP) is 7.05. The van der Waals surface area contributed by atoms with E-state index in [0.29, 0.717) is 19.3 Å². The molecule has 0 radical (unpaired) electrons. The summed E-state index contributed by atoms with van der Waals surface area (Å²) >= 11 is 0. The summed E-state index contributed by atoms with van der Waals surface area (Å²) in [4.78, 5) is 34.1. The fourth-order valence-corrected chi connectivity index (χ4v) is 4.15. The fraction of sp³-hybridized carbons (Fsp3) is 0.880. The summed E-state index contributed by atoms with van der Waals surface area (Å²) in [5.74, 6) is -3.14. The maximum atomic E-state index is 11.8. The van der Waals surface area contributed by atoms with Crippen LogP contribution < -0.4 is 0 Å². The van der Waals surface area contributed by atoms with Gasteiger partial charge in [0.2, 0.25) is 0 Å². The van der Waals surface area contributed by atoms with Gasteiger partial charge in [-0.25, -0.2) is 0 Å². The Morgan fingerprint density at radius 1 is 0.516 bits per heavy atom. The van der Waals surface area contributed by atoms with Gasteiger partial charge in [0.1, 0.15) is 0 Å². The summed E-state index contributed by atoms with van der Waals surface area (Å²) in [5.41, 5.74) is -1.64. The topological polar surface area (TPSA) is 112 Å². The summed E-state index contributed by atoms with van der Waals surface area (Å²) in [7, 11) is 0. The van der Waals surface area contributed by atoms with Crippen molar-refractivity contribution in [2.75, 3.05) is 0 Å². The Hall–Kier alpha value is -1.59. The van der Waals surface area contributed by atoms with Crippen LogP contribution in [0.15, 0.2) is 0 Å². The molecule has 0 saturated carbocycles. The SMILES string of the molecule is CCCCCCCCCCCC(CCCCCCCCCCC(=O)O)(C(=O)O)C(=O)O. The molecule has 0 bridgehead atoms. The first kappa shape index (κ1) is 29.4. The van der Waals surface area contributed by atoms with Gasteiger partial charge in [-0.1, -0.05) is 110 Å². The summed E-state index contributed by atoms with van der Waals surface area (Å²) in [6.07, 6.45) is 17.8. The van der Waals surface area contributed by atoms with Crippen LogP contribution in [0.1, 0.15) is 135 Å². The fourth-order valence-electron chi connectivity index (χ4n) is 4.15. The molecule has 0 atom stereocenters. The van der Waals surface area contributed by atoms with E-state index in [1.807, 2.05) is 0 Å². The third kappa shape index (κ3) is 14.9. The number of carboxylic acid groups (broad SMARTS) is 3. The van der Waals surface area contributed by atoms with Crippen molar-refractivity contribution in [3.8, 4) is 0 Å². The molecule has 182 valence electrons. The first-order valence-electron chi connectivity index (χ1n) is 12.6. The number of unbranched alkanes of at least 4 members (excludes halogenated alkanes) is 15. The second kappa shape index (κ2) is 19.1. The van der Waals surface area contributed by atoms with E-state index >= 15 is 0 Å². The van der Waals surface area contributed by atoms with Gasteiger partial charge >= 0.3 is 17.9 Å². The van der Waals surface area contributed by atoms with E-state index in [4.69, 9.17) is 5.11 Å². The van der Waals surface area contributed by atoms with Gasteiger partial charge in [0.05, 0.1) is 0 Å². The monoisotopic (exact) mass is 442 g/mol. The van der Waals surface area contributed by atoms with Crippen LogP contribution in [0.25, 0.3) is 0 Å². The molecule has 6 heteroatoms. The van der Waals surface area contributed by atoms with E-state index in [9.17, 15) is 24.6 Å². The molecular weight excluding hydrogens is 396 g/mol. The first-order chi connectivity index (χ1) is 14.9. The van der Waals surface area contributed by atoms with E-state index in [1.165, 1.54) is 32.1 Å². The molecule has 0 aromatic heterocycles. The van der Waals surface area contributed by atoms with E-state index in [1.54, 1.807) is 0 Å². The highest BCUT2D eigenvalue weighted by molar-refractivity contribution is 5.98. The van der Waals surface area contributed by atoms with Crippen molar-refractivity contribution in [1.29, 1.82) is 0 Å². The van der Waals surface area contributed by atoms with Crippen molar-refractivity contribution in [1.82, 2.24) is 0 Å². The van der Waals surface area contributed by atoms with Crippen molar-refractivity contribution in [2.45, 2.75) is 135 Å². The lowest BCUT2D eigenvalue weighted by Gasteiger charge is -2.25. The molecule has 3 N–H and O–H groups in total. The Labute approximate surface area is 188 Å². The molecule has 0 heterocycles. The molecule has 0 amide bonds. The lowest BCUT2D eigenvalue weighted by atomic mass is 9.78. The largest absolute Gasteiger partial charge is 0.481 e. The van der Waals surface area contributed by atoms with Crippen LogP contribution in [0.5, 0.6) is 0 Å². The molecule has 6 nitrogen and oxygen atoms in total. The minimum absolute atomic E-state index is 0.202. The first-order valence-corrected chi connectivity index (χ1v) is 12.6. The van der Waals surface area contributed by atoms with Gasteiger partial charge < -0.3 is 15.3 Å². The second-order valence-electron chi connectivity index (χ2n) is 8.99. The van der Waals surface area contributed by atoms with Gasteiger partial charge in [0.15, 0.2) is 5.41 Å². The standard InChI is InChI=1S/C25H46O6/c1-2-3-4-5-6-8-11-14-17-20-25(23(28)29,24(30)31)21-18-15-12-9-7-10-13-16-19-22(26)27/h2-21H2,1H3,(H,26,27)(H,28,29)(H,30,31). The van der Waals surface area contributed by atoms with Gasteiger partial charge in [-0.2, -0.15) is 0 Å². The molecule has 0 aromatic rings. The van der Waals surface area contributed by atoms with Crippen LogP contribution in [-0.2, 0) is 14.4 Å². The van der Waals surface area contributed by atoms with Crippen LogP contribution >= 0.6 is 0 Å². The highest BCUT2D eigenvalue weighted by atomic mass is 16.4. The van der Waals surface area contributed by atoms with Crippen LogP contribution in [-0.4, -0.2) is 33.2 Å². The number of hydrogen-bond acceptors (Lipinski definition) is 3. The van der Waals surface area contributed by atoms with E-state index < -0.39 is 23.3 Å². The van der Waals surface area contributed by atoms with Gasteiger partial charge in [-0.3, -0.25) is 14.4 Å². The highest BCUT2D eigenvalue weighted by Gasteiger charge is 2.45. The summed E-state index contributed by atoms with van der Waals surface area (Å²) in [5, 5.41) is 27.9. The average molecular weight is 443 g/mol. The number of rotatable bonds is 23. The normalized spacial score (nSPS) is 11.5. The quantitative estimate of drug-likeness (QED) is 0.115. The van der Waals surface area contributed by atoms with Crippen molar-refractivity contribution in [3.63, 3.8) is 0 Å². The van der Waals surface area contributed by atoms with Crippen LogP contribution in [0.4, 0.5) is 0 Å². The number of aliphatic carboxylic acids is 3. The molecule has 0 saturated heterocycles. The lowest BCUT2D eigenvalue weighted by Crippen LogP contribution is -2.39. The Morgan fingerprint density at radius 2 is 0.839 bits per heavy atom. The third-order valence-electron chi connectivity index (χ3n) is 6.27. The molecule has 0 aliphatic heterocycles. The van der Waals surface area contributed by atoms with Crippen LogP contribution in [0.3, 0.4) is 0 Å².